The first-order chi connectivity index (χ1) is 16.2. The third-order valence-electron chi connectivity index (χ3n) is 7.24. The summed E-state index contributed by atoms with van der Waals surface area (Å²) in [7, 11) is 0. The van der Waals surface area contributed by atoms with Crippen molar-refractivity contribution in [2.24, 2.45) is 5.92 Å². The summed E-state index contributed by atoms with van der Waals surface area (Å²) in [5.74, 6) is 0.711. The molecule has 1 fully saturated rings. The second-order valence-corrected chi connectivity index (χ2v) is 9.37. The summed E-state index contributed by atoms with van der Waals surface area (Å²) in [4.78, 5) is 18.2. The highest BCUT2D eigenvalue weighted by atomic mass is 16.5. The average molecular weight is 450 g/mol. The quantitative estimate of drug-likeness (QED) is 0.553. The molecule has 0 saturated carbocycles. The van der Waals surface area contributed by atoms with Gasteiger partial charge in [-0.1, -0.05) is 18.2 Å². The number of carbonyl (C=O) groups is 1. The van der Waals surface area contributed by atoms with Crippen molar-refractivity contribution in [1.29, 1.82) is 0 Å². The highest BCUT2D eigenvalue weighted by molar-refractivity contribution is 5.84. The van der Waals surface area contributed by atoms with Crippen molar-refractivity contribution in [1.82, 2.24) is 25.0 Å². The molecule has 5 rings (SSSR count). The van der Waals surface area contributed by atoms with Crippen LogP contribution >= 0.6 is 0 Å². The van der Waals surface area contributed by atoms with Gasteiger partial charge in [0.15, 0.2) is 0 Å². The van der Waals surface area contributed by atoms with Gasteiger partial charge in [-0.3, -0.25) is 14.4 Å². The molecule has 3 aromatic rings. The molecule has 33 heavy (non-hydrogen) atoms. The molecule has 0 aliphatic carbocycles. The summed E-state index contributed by atoms with van der Waals surface area (Å²) in [6.45, 7) is 8.39. The molecule has 2 N–H and O–H groups in total. The molecule has 0 radical (unpaired) electrons. The molecule has 2 aliphatic heterocycles. The molecular formula is C26H35N5O2. The predicted octanol–water partition coefficient (Wildman–Crippen LogP) is 3.42. The van der Waals surface area contributed by atoms with Gasteiger partial charge in [0.2, 0.25) is 5.91 Å². The Hall–Kier alpha value is -2.64. The summed E-state index contributed by atoms with van der Waals surface area (Å²) < 4.78 is 7.86. The summed E-state index contributed by atoms with van der Waals surface area (Å²) in [5, 5.41) is 9.28. The minimum atomic E-state index is 0.152. The smallest absolute Gasteiger partial charge is 0.220 e. The van der Waals surface area contributed by atoms with Crippen LogP contribution in [0.5, 0.6) is 0 Å². The van der Waals surface area contributed by atoms with E-state index in [-0.39, 0.29) is 5.91 Å². The maximum Gasteiger partial charge on any atom is 0.220 e. The summed E-state index contributed by atoms with van der Waals surface area (Å²) in [5.41, 5.74) is 6.22. The van der Waals surface area contributed by atoms with Crippen LogP contribution in [0, 0.1) is 5.92 Å². The first kappa shape index (κ1) is 22.2. The van der Waals surface area contributed by atoms with Gasteiger partial charge in [0.05, 0.1) is 18.9 Å². The fourth-order valence-electron chi connectivity index (χ4n) is 5.26. The van der Waals surface area contributed by atoms with Crippen LogP contribution in [0.25, 0.3) is 10.9 Å². The minimum Gasteiger partial charge on any atom is -0.376 e. The van der Waals surface area contributed by atoms with E-state index in [2.05, 4.69) is 38.9 Å². The third-order valence-corrected chi connectivity index (χ3v) is 7.24. The Morgan fingerprint density at radius 1 is 1.27 bits per heavy atom. The lowest BCUT2D eigenvalue weighted by atomic mass is 9.96. The number of aromatic nitrogens is 3. The molecule has 2 aromatic heterocycles. The van der Waals surface area contributed by atoms with Gasteiger partial charge in [-0.05, 0) is 56.8 Å². The maximum absolute atomic E-state index is 12.4. The SMILES string of the molecule is CCn1nc(CN2CCC(CNC(=O)CCc3c[nH]c4ccccc34)CC2)c2c1CCOC2. The Balaban J connectivity index is 1.05. The second kappa shape index (κ2) is 10.1. The molecule has 2 aliphatic rings. The minimum absolute atomic E-state index is 0.152. The van der Waals surface area contributed by atoms with Crippen molar-refractivity contribution in [3.05, 3.63) is 53.0 Å². The number of rotatable bonds is 8. The van der Waals surface area contributed by atoms with Crippen LogP contribution in [0.2, 0.25) is 0 Å². The number of amides is 1. The number of aromatic amines is 1. The number of carbonyl (C=O) groups excluding carboxylic acids is 1. The largest absolute Gasteiger partial charge is 0.376 e. The van der Waals surface area contributed by atoms with Crippen molar-refractivity contribution < 1.29 is 9.53 Å². The zero-order chi connectivity index (χ0) is 22.6. The molecule has 7 nitrogen and oxygen atoms in total. The van der Waals surface area contributed by atoms with E-state index in [4.69, 9.17) is 9.84 Å². The van der Waals surface area contributed by atoms with E-state index in [1.165, 1.54) is 27.9 Å². The van der Waals surface area contributed by atoms with Gasteiger partial charge in [-0.25, -0.2) is 0 Å². The molecule has 0 bridgehead atoms. The third kappa shape index (κ3) is 4.99. The van der Waals surface area contributed by atoms with Crippen LogP contribution in [-0.4, -0.2) is 51.8 Å². The lowest BCUT2D eigenvalue weighted by molar-refractivity contribution is -0.121. The highest BCUT2D eigenvalue weighted by Gasteiger charge is 2.25. The van der Waals surface area contributed by atoms with Crippen molar-refractivity contribution in [3.8, 4) is 0 Å². The van der Waals surface area contributed by atoms with Gasteiger partial charge in [0.1, 0.15) is 0 Å². The molecule has 0 unspecified atom stereocenters. The average Bonchev–Trinajstić information content (AvgIpc) is 3.43. The Kier molecular flexibility index (Phi) is 6.78. The van der Waals surface area contributed by atoms with Crippen LogP contribution in [0.4, 0.5) is 0 Å². The molecule has 7 heteroatoms. The van der Waals surface area contributed by atoms with Gasteiger partial charge < -0.3 is 15.0 Å². The molecule has 4 heterocycles. The molecule has 1 aromatic carbocycles. The number of benzene rings is 1. The lowest BCUT2D eigenvalue weighted by Crippen LogP contribution is -2.38. The maximum atomic E-state index is 12.4. The zero-order valence-electron chi connectivity index (χ0n) is 19.6. The van der Waals surface area contributed by atoms with Crippen LogP contribution < -0.4 is 5.32 Å². The fourth-order valence-corrected chi connectivity index (χ4v) is 5.26. The predicted molar refractivity (Wildman–Crippen MR) is 129 cm³/mol. The Morgan fingerprint density at radius 2 is 2.12 bits per heavy atom. The Labute approximate surface area is 195 Å². The van der Waals surface area contributed by atoms with E-state index >= 15 is 0 Å². The van der Waals surface area contributed by atoms with Gasteiger partial charge >= 0.3 is 0 Å². The van der Waals surface area contributed by atoms with Crippen LogP contribution in [0.1, 0.15) is 48.7 Å². The topological polar surface area (TPSA) is 75.2 Å². The van der Waals surface area contributed by atoms with E-state index in [1.807, 2.05) is 18.3 Å². The van der Waals surface area contributed by atoms with E-state index < -0.39 is 0 Å². The fraction of sp³-hybridized carbons (Fsp3) is 0.538. The van der Waals surface area contributed by atoms with Gasteiger partial charge in [-0.2, -0.15) is 5.10 Å². The van der Waals surface area contributed by atoms with Crippen LogP contribution in [-0.2, 0) is 42.1 Å². The van der Waals surface area contributed by atoms with Crippen LogP contribution in [0.15, 0.2) is 30.5 Å². The first-order valence-corrected chi connectivity index (χ1v) is 12.4. The number of piperidine rings is 1. The number of hydrogen-bond acceptors (Lipinski definition) is 4. The molecule has 0 atom stereocenters. The van der Waals surface area contributed by atoms with E-state index in [9.17, 15) is 4.79 Å². The molecule has 1 saturated heterocycles. The summed E-state index contributed by atoms with van der Waals surface area (Å²) in [6, 6.07) is 8.26. The van der Waals surface area contributed by atoms with Crippen molar-refractivity contribution >= 4 is 16.8 Å². The van der Waals surface area contributed by atoms with E-state index in [0.717, 1.165) is 70.5 Å². The number of nitrogens with one attached hydrogen (secondary N) is 2. The molecular weight excluding hydrogens is 414 g/mol. The summed E-state index contributed by atoms with van der Waals surface area (Å²) >= 11 is 0. The zero-order valence-corrected chi connectivity index (χ0v) is 19.6. The van der Waals surface area contributed by atoms with Crippen LogP contribution in [0.3, 0.4) is 0 Å². The van der Waals surface area contributed by atoms with Gasteiger partial charge in [0, 0.05) is 60.8 Å². The standard InChI is InChI=1S/C26H35N5O2/c1-2-31-25-11-14-33-18-22(25)24(29-31)17-30-12-9-19(10-13-30)15-28-26(32)8-7-20-16-27-23-6-4-3-5-21(20)23/h3-6,16,19,27H,2,7-15,17-18H2,1H3,(H,28,32). The van der Waals surface area contributed by atoms with Crippen molar-refractivity contribution in [2.45, 2.75) is 58.7 Å². The number of nitrogens with zero attached hydrogens (tertiary/aromatic N) is 3. The number of ether oxygens (including phenoxy) is 1. The van der Waals surface area contributed by atoms with E-state index in [1.54, 1.807) is 0 Å². The number of likely N-dealkylation sites (tertiary alicyclic amines) is 1. The van der Waals surface area contributed by atoms with Gasteiger partial charge in [-0.15, -0.1) is 0 Å². The number of aryl methyl sites for hydroxylation is 2. The summed E-state index contributed by atoms with van der Waals surface area (Å²) in [6.07, 6.45) is 6.55. The van der Waals surface area contributed by atoms with Gasteiger partial charge in [0.25, 0.3) is 0 Å². The molecule has 176 valence electrons. The monoisotopic (exact) mass is 449 g/mol. The lowest BCUT2D eigenvalue weighted by Gasteiger charge is -2.31. The second-order valence-electron chi connectivity index (χ2n) is 9.37. The number of hydrogen-bond donors (Lipinski definition) is 2. The van der Waals surface area contributed by atoms with E-state index in [0.29, 0.717) is 18.9 Å². The number of H-pyrrole nitrogens is 1. The first-order valence-electron chi connectivity index (χ1n) is 12.4. The highest BCUT2D eigenvalue weighted by Crippen LogP contribution is 2.24. The number of fused-ring (bicyclic) bond motifs is 2. The number of para-hydroxylation sites is 1. The Bertz CT molecular complexity index is 1090. The molecule has 1 amide bonds. The molecule has 0 spiro atoms. The van der Waals surface area contributed by atoms with Crippen molar-refractivity contribution in [2.75, 3.05) is 26.2 Å². The van der Waals surface area contributed by atoms with Crippen molar-refractivity contribution in [3.63, 3.8) is 0 Å². The normalized spacial score (nSPS) is 17.4. The Morgan fingerprint density at radius 3 is 2.97 bits per heavy atom.